The first-order valence-corrected chi connectivity index (χ1v) is 6.15. The van der Waals surface area contributed by atoms with Crippen LogP contribution in [0.4, 0.5) is 22.4 Å². The highest BCUT2D eigenvalue weighted by molar-refractivity contribution is 5.74. The van der Waals surface area contributed by atoms with E-state index in [-0.39, 0.29) is 6.07 Å². The first-order valence-electron chi connectivity index (χ1n) is 6.15. The van der Waals surface area contributed by atoms with Gasteiger partial charge in [0.2, 0.25) is 17.4 Å². The number of halogens is 4. The van der Waals surface area contributed by atoms with Crippen LogP contribution in [-0.2, 0) is 14.4 Å². The number of hydrogen-bond acceptors (Lipinski definition) is 5. The smallest absolute Gasteiger partial charge is 0.431 e. The molecule has 0 aromatic heterocycles. The molecule has 0 aliphatic heterocycles. The molecule has 0 saturated carbocycles. The maximum Gasteiger partial charge on any atom is 0.431 e. The Hall–Kier alpha value is -2.36. The molecule has 0 bridgehead atoms. The molecule has 128 valence electrons. The highest BCUT2D eigenvalue weighted by Crippen LogP contribution is 2.26. The topological polar surface area (TPSA) is 73.9 Å². The zero-order chi connectivity index (χ0) is 17.8. The van der Waals surface area contributed by atoms with Gasteiger partial charge >= 0.3 is 12.1 Å². The van der Waals surface area contributed by atoms with Gasteiger partial charge in [0, 0.05) is 6.07 Å². The van der Waals surface area contributed by atoms with Crippen molar-refractivity contribution < 1.29 is 41.5 Å². The quantitative estimate of drug-likeness (QED) is 0.300. The Bertz CT molecular complexity index is 589. The summed E-state index contributed by atoms with van der Waals surface area (Å²) in [5.41, 5.74) is 0.890. The predicted molar refractivity (Wildman–Crippen MR) is 67.2 cm³/mol. The third-order valence-corrected chi connectivity index (χ3v) is 2.03. The number of hydrogen-bond donors (Lipinski definition) is 1. The van der Waals surface area contributed by atoms with Crippen LogP contribution in [-0.4, -0.2) is 24.3 Å². The van der Waals surface area contributed by atoms with Crippen molar-refractivity contribution in [2.45, 2.75) is 26.4 Å². The SMILES string of the molecule is CC(C)(C)OC(=O)NOCC(=O)Oc1c(F)c(F)cc(F)c1F. The molecule has 1 N–H and O–H groups in total. The molecule has 0 fully saturated rings. The van der Waals surface area contributed by atoms with E-state index in [1.807, 2.05) is 0 Å². The average molecular weight is 339 g/mol. The van der Waals surface area contributed by atoms with Gasteiger partial charge in [0.25, 0.3) is 0 Å². The molecule has 1 aromatic rings. The largest absolute Gasteiger partial charge is 0.442 e. The Morgan fingerprint density at radius 2 is 1.61 bits per heavy atom. The summed E-state index contributed by atoms with van der Waals surface area (Å²) in [4.78, 5) is 26.8. The number of ether oxygens (including phenoxy) is 2. The Kier molecular flexibility index (Phi) is 5.91. The highest BCUT2D eigenvalue weighted by Gasteiger charge is 2.23. The highest BCUT2D eigenvalue weighted by atomic mass is 19.2. The normalized spacial score (nSPS) is 11.1. The van der Waals surface area contributed by atoms with Gasteiger partial charge in [-0.1, -0.05) is 0 Å². The molecule has 0 spiro atoms. The molecule has 0 atom stereocenters. The maximum atomic E-state index is 13.2. The molecule has 10 heteroatoms. The van der Waals surface area contributed by atoms with Crippen LogP contribution in [0, 0.1) is 23.3 Å². The standard InChI is InChI=1S/C13H13F4NO5/c1-13(2,3)23-12(20)18-21-5-8(19)22-11-9(16)6(14)4-7(15)10(11)17/h4H,5H2,1-3H3,(H,18,20). The summed E-state index contributed by atoms with van der Waals surface area (Å²) in [6, 6.07) is -0.0391. The fourth-order valence-electron chi connectivity index (χ4n) is 1.24. The Labute approximate surface area is 128 Å². The predicted octanol–water partition coefficient (Wildman–Crippen LogP) is 2.60. The number of carbonyl (C=O) groups excluding carboxylic acids is 2. The van der Waals surface area contributed by atoms with Gasteiger partial charge in [0.1, 0.15) is 5.60 Å². The molecule has 6 nitrogen and oxygen atoms in total. The molecule has 0 aliphatic carbocycles. The van der Waals surface area contributed by atoms with Crippen LogP contribution in [0.15, 0.2) is 6.07 Å². The third kappa shape index (κ3) is 5.74. The summed E-state index contributed by atoms with van der Waals surface area (Å²) in [7, 11) is 0. The van der Waals surface area contributed by atoms with Crippen LogP contribution < -0.4 is 10.2 Å². The van der Waals surface area contributed by atoms with E-state index in [4.69, 9.17) is 4.74 Å². The van der Waals surface area contributed by atoms with Crippen molar-refractivity contribution in [1.29, 1.82) is 0 Å². The number of nitrogens with one attached hydrogen (secondary N) is 1. The first kappa shape index (κ1) is 18.7. The number of amides is 1. The lowest BCUT2D eigenvalue weighted by atomic mass is 10.2. The van der Waals surface area contributed by atoms with E-state index in [1.54, 1.807) is 26.3 Å². The number of esters is 1. The fraction of sp³-hybridized carbons (Fsp3) is 0.385. The minimum Gasteiger partial charge on any atom is -0.442 e. The summed E-state index contributed by atoms with van der Waals surface area (Å²) >= 11 is 0. The van der Waals surface area contributed by atoms with Crippen LogP contribution >= 0.6 is 0 Å². The van der Waals surface area contributed by atoms with Gasteiger partial charge in [-0.3, -0.25) is 4.84 Å². The minimum absolute atomic E-state index is 0.0391. The molecule has 23 heavy (non-hydrogen) atoms. The molecular weight excluding hydrogens is 326 g/mol. The van der Waals surface area contributed by atoms with Gasteiger partial charge in [-0.2, -0.15) is 14.3 Å². The Morgan fingerprint density at radius 1 is 1.09 bits per heavy atom. The Balaban J connectivity index is 2.57. The first-order chi connectivity index (χ1) is 10.5. The zero-order valence-corrected chi connectivity index (χ0v) is 12.3. The maximum absolute atomic E-state index is 13.2. The van der Waals surface area contributed by atoms with Crippen LogP contribution in [0.1, 0.15) is 20.8 Å². The van der Waals surface area contributed by atoms with E-state index >= 15 is 0 Å². The second-order valence-corrected chi connectivity index (χ2v) is 5.16. The molecule has 1 aromatic carbocycles. The number of carbonyl (C=O) groups is 2. The van der Waals surface area contributed by atoms with E-state index < -0.39 is 53.3 Å². The second-order valence-electron chi connectivity index (χ2n) is 5.16. The molecule has 0 saturated heterocycles. The summed E-state index contributed by atoms with van der Waals surface area (Å²) in [6.45, 7) is 3.73. The van der Waals surface area contributed by atoms with Crippen molar-refractivity contribution >= 4 is 12.1 Å². The molecular formula is C13H13F4NO5. The van der Waals surface area contributed by atoms with Gasteiger partial charge in [0.05, 0.1) is 0 Å². The molecule has 0 radical (unpaired) electrons. The number of hydroxylamine groups is 1. The summed E-state index contributed by atoms with van der Waals surface area (Å²) in [6.07, 6.45) is -1.03. The van der Waals surface area contributed by atoms with Crippen molar-refractivity contribution in [3.63, 3.8) is 0 Å². The second kappa shape index (κ2) is 7.27. The van der Waals surface area contributed by atoms with Crippen molar-refractivity contribution in [3.8, 4) is 5.75 Å². The van der Waals surface area contributed by atoms with Crippen molar-refractivity contribution in [2.75, 3.05) is 6.61 Å². The van der Waals surface area contributed by atoms with Crippen LogP contribution in [0.2, 0.25) is 0 Å². The van der Waals surface area contributed by atoms with Crippen molar-refractivity contribution in [3.05, 3.63) is 29.3 Å². The Morgan fingerprint density at radius 3 is 2.09 bits per heavy atom. The van der Waals surface area contributed by atoms with E-state index in [2.05, 4.69) is 9.57 Å². The fourth-order valence-corrected chi connectivity index (χ4v) is 1.24. The minimum atomic E-state index is -1.88. The van der Waals surface area contributed by atoms with Crippen LogP contribution in [0.25, 0.3) is 0 Å². The van der Waals surface area contributed by atoms with Crippen LogP contribution in [0.5, 0.6) is 5.75 Å². The molecule has 1 amide bonds. The molecule has 0 heterocycles. The lowest BCUT2D eigenvalue weighted by molar-refractivity contribution is -0.142. The number of benzene rings is 1. The van der Waals surface area contributed by atoms with Crippen LogP contribution in [0.3, 0.4) is 0 Å². The number of rotatable bonds is 4. The van der Waals surface area contributed by atoms with E-state index in [9.17, 15) is 27.2 Å². The van der Waals surface area contributed by atoms with Gasteiger partial charge < -0.3 is 9.47 Å². The molecule has 0 unspecified atom stereocenters. The monoisotopic (exact) mass is 339 g/mol. The van der Waals surface area contributed by atoms with Gasteiger partial charge in [0.15, 0.2) is 18.2 Å². The van der Waals surface area contributed by atoms with Crippen molar-refractivity contribution in [2.24, 2.45) is 0 Å². The summed E-state index contributed by atoms with van der Waals surface area (Å²) in [5.74, 6) is -10.2. The zero-order valence-electron chi connectivity index (χ0n) is 12.3. The van der Waals surface area contributed by atoms with E-state index in [0.717, 1.165) is 0 Å². The average Bonchev–Trinajstić information content (AvgIpc) is 2.39. The summed E-state index contributed by atoms with van der Waals surface area (Å²) in [5, 5.41) is 0. The van der Waals surface area contributed by atoms with Gasteiger partial charge in [-0.05, 0) is 20.8 Å². The summed E-state index contributed by atoms with van der Waals surface area (Å²) < 4.78 is 61.2. The lowest BCUT2D eigenvalue weighted by Gasteiger charge is -2.19. The third-order valence-electron chi connectivity index (χ3n) is 2.03. The van der Waals surface area contributed by atoms with Crippen molar-refractivity contribution in [1.82, 2.24) is 5.48 Å². The van der Waals surface area contributed by atoms with Gasteiger partial charge in [-0.25, -0.2) is 18.4 Å². The van der Waals surface area contributed by atoms with E-state index in [1.165, 1.54) is 0 Å². The molecule has 0 aliphatic rings. The van der Waals surface area contributed by atoms with E-state index in [0.29, 0.717) is 0 Å². The lowest BCUT2D eigenvalue weighted by Crippen LogP contribution is -2.34. The molecule has 1 rings (SSSR count). The van der Waals surface area contributed by atoms with Gasteiger partial charge in [-0.15, -0.1) is 0 Å².